The highest BCUT2D eigenvalue weighted by atomic mass is 32.2. The van der Waals surface area contributed by atoms with Crippen LogP contribution >= 0.6 is 0 Å². The molecule has 1 aliphatic rings. The van der Waals surface area contributed by atoms with Gasteiger partial charge in [0.2, 0.25) is 10.0 Å². The largest absolute Gasteiger partial charge is 0.373 e. The first kappa shape index (κ1) is 15.5. The molecule has 1 N–H and O–H groups in total. The molecule has 0 bridgehead atoms. The molecule has 20 heavy (non-hydrogen) atoms. The molecule has 0 saturated heterocycles. The van der Waals surface area contributed by atoms with Crippen molar-refractivity contribution in [1.82, 2.24) is 4.72 Å². The third-order valence-electron chi connectivity index (χ3n) is 3.45. The number of sulfonamides is 1. The van der Waals surface area contributed by atoms with Crippen LogP contribution in [0.5, 0.6) is 0 Å². The van der Waals surface area contributed by atoms with Crippen molar-refractivity contribution in [2.75, 3.05) is 7.11 Å². The molecular weight excluding hydrogens is 274 g/mol. The van der Waals surface area contributed by atoms with E-state index < -0.39 is 21.2 Å². The molecule has 112 valence electrons. The summed E-state index contributed by atoms with van der Waals surface area (Å²) in [6.07, 6.45) is 1.73. The fourth-order valence-corrected chi connectivity index (χ4v) is 4.09. The Balaban J connectivity index is 2.53. The molecule has 0 aliphatic heterocycles. The number of hydrogen-bond acceptors (Lipinski definition) is 3. The molecule has 2 rings (SSSR count). The number of hydrogen-bond donors (Lipinski definition) is 1. The molecule has 4 nitrogen and oxygen atoms in total. The van der Waals surface area contributed by atoms with Crippen molar-refractivity contribution in [3.63, 3.8) is 0 Å². The van der Waals surface area contributed by atoms with Crippen LogP contribution in [0.1, 0.15) is 44.7 Å². The summed E-state index contributed by atoms with van der Waals surface area (Å²) in [7, 11) is -1.91. The highest BCUT2D eigenvalue weighted by Crippen LogP contribution is 2.50. The summed E-state index contributed by atoms with van der Waals surface area (Å²) < 4.78 is 33.5. The smallest absolute Gasteiger partial charge is 0.241 e. The minimum atomic E-state index is -3.55. The van der Waals surface area contributed by atoms with Crippen LogP contribution in [0.3, 0.4) is 0 Å². The summed E-state index contributed by atoms with van der Waals surface area (Å²) in [6, 6.07) is 5.43. The standard InChI is InChI=1S/C15H23NO3S/c1-11-6-7-13(20(17,18)16-14(2,3)4)12(10-11)15(19-5)8-9-15/h6-7,10,16H,8-9H2,1-5H3. The minimum Gasteiger partial charge on any atom is -0.373 e. The van der Waals surface area contributed by atoms with E-state index in [4.69, 9.17) is 4.74 Å². The van der Waals surface area contributed by atoms with Crippen LogP contribution < -0.4 is 4.72 Å². The normalized spacial score (nSPS) is 18.1. The second-order valence-electron chi connectivity index (χ2n) is 6.55. The summed E-state index contributed by atoms with van der Waals surface area (Å²) >= 11 is 0. The first-order valence-electron chi connectivity index (χ1n) is 6.80. The Kier molecular flexibility index (Phi) is 3.73. The zero-order valence-electron chi connectivity index (χ0n) is 12.8. The molecule has 0 amide bonds. The van der Waals surface area contributed by atoms with Crippen molar-refractivity contribution in [3.05, 3.63) is 29.3 Å². The fraction of sp³-hybridized carbons (Fsp3) is 0.600. The molecule has 1 fully saturated rings. The molecule has 0 heterocycles. The zero-order chi connectivity index (χ0) is 15.2. The number of rotatable bonds is 4. The van der Waals surface area contributed by atoms with Gasteiger partial charge in [-0.2, -0.15) is 0 Å². The van der Waals surface area contributed by atoms with Crippen LogP contribution in [0.4, 0.5) is 0 Å². The Morgan fingerprint density at radius 2 is 1.85 bits per heavy atom. The zero-order valence-corrected chi connectivity index (χ0v) is 13.6. The molecular formula is C15H23NO3S. The Bertz CT molecular complexity index is 610. The summed E-state index contributed by atoms with van der Waals surface area (Å²) in [6.45, 7) is 7.47. The predicted octanol–water partition coefficient (Wildman–Crippen LogP) is 2.71. The second kappa shape index (κ2) is 4.83. The Morgan fingerprint density at radius 1 is 1.25 bits per heavy atom. The second-order valence-corrected chi connectivity index (χ2v) is 8.20. The van der Waals surface area contributed by atoms with Gasteiger partial charge in [0.15, 0.2) is 0 Å². The Hall–Kier alpha value is -0.910. The number of ether oxygens (including phenoxy) is 1. The van der Waals surface area contributed by atoms with Crippen molar-refractivity contribution < 1.29 is 13.2 Å². The van der Waals surface area contributed by atoms with Gasteiger partial charge in [-0.1, -0.05) is 17.7 Å². The number of benzene rings is 1. The average Bonchev–Trinajstić information content (AvgIpc) is 3.05. The van der Waals surface area contributed by atoms with E-state index in [0.717, 1.165) is 24.0 Å². The monoisotopic (exact) mass is 297 g/mol. The van der Waals surface area contributed by atoms with Gasteiger partial charge in [-0.05, 0) is 46.6 Å². The van der Waals surface area contributed by atoms with Crippen molar-refractivity contribution in [2.24, 2.45) is 0 Å². The van der Waals surface area contributed by atoms with E-state index in [0.29, 0.717) is 4.90 Å². The maximum Gasteiger partial charge on any atom is 0.241 e. The number of nitrogens with one attached hydrogen (secondary N) is 1. The van der Waals surface area contributed by atoms with Gasteiger partial charge < -0.3 is 4.74 Å². The first-order chi connectivity index (χ1) is 9.10. The first-order valence-corrected chi connectivity index (χ1v) is 8.28. The predicted molar refractivity (Wildman–Crippen MR) is 79.2 cm³/mol. The van der Waals surface area contributed by atoms with Gasteiger partial charge in [0, 0.05) is 18.2 Å². The lowest BCUT2D eigenvalue weighted by Crippen LogP contribution is -2.41. The average molecular weight is 297 g/mol. The van der Waals surface area contributed by atoms with Crippen LogP contribution in [-0.4, -0.2) is 21.1 Å². The summed E-state index contributed by atoms with van der Waals surface area (Å²) in [4.78, 5) is 0.331. The fourth-order valence-electron chi connectivity index (χ4n) is 2.39. The topological polar surface area (TPSA) is 55.4 Å². The van der Waals surface area contributed by atoms with Crippen LogP contribution in [0.15, 0.2) is 23.1 Å². The van der Waals surface area contributed by atoms with Gasteiger partial charge in [0.25, 0.3) is 0 Å². The third-order valence-corrected chi connectivity index (χ3v) is 5.27. The highest BCUT2D eigenvalue weighted by molar-refractivity contribution is 7.89. The van der Waals surface area contributed by atoms with E-state index in [2.05, 4.69) is 4.72 Å². The van der Waals surface area contributed by atoms with Crippen LogP contribution in [0.2, 0.25) is 0 Å². The summed E-state index contributed by atoms with van der Waals surface area (Å²) in [5, 5.41) is 0. The molecule has 0 aromatic heterocycles. The van der Waals surface area contributed by atoms with Crippen LogP contribution in [-0.2, 0) is 20.4 Å². The lowest BCUT2D eigenvalue weighted by atomic mass is 10.0. The van der Waals surface area contributed by atoms with E-state index >= 15 is 0 Å². The number of aryl methyl sites for hydroxylation is 1. The molecule has 5 heteroatoms. The molecule has 1 saturated carbocycles. The van der Waals surface area contributed by atoms with Crippen molar-refractivity contribution in [2.45, 2.75) is 56.6 Å². The maximum atomic E-state index is 12.6. The van der Waals surface area contributed by atoms with Gasteiger partial charge in [0.1, 0.15) is 0 Å². The van der Waals surface area contributed by atoms with Gasteiger partial charge >= 0.3 is 0 Å². The number of methoxy groups -OCH3 is 1. The lowest BCUT2D eigenvalue weighted by Gasteiger charge is -2.24. The summed E-state index contributed by atoms with van der Waals surface area (Å²) in [5.41, 5.74) is 0.883. The molecule has 1 aliphatic carbocycles. The molecule has 0 spiro atoms. The van der Waals surface area contributed by atoms with Gasteiger partial charge in [-0.15, -0.1) is 0 Å². The van der Waals surface area contributed by atoms with E-state index in [1.54, 1.807) is 13.2 Å². The SMILES string of the molecule is COC1(c2cc(C)ccc2S(=O)(=O)NC(C)(C)C)CC1. The van der Waals surface area contributed by atoms with Crippen molar-refractivity contribution in [1.29, 1.82) is 0 Å². The maximum absolute atomic E-state index is 12.6. The van der Waals surface area contributed by atoms with E-state index in [9.17, 15) is 8.42 Å². The summed E-state index contributed by atoms with van der Waals surface area (Å²) in [5.74, 6) is 0. The molecule has 0 unspecified atom stereocenters. The third kappa shape index (κ3) is 3.05. The minimum absolute atomic E-state index is 0.331. The van der Waals surface area contributed by atoms with E-state index in [1.807, 2.05) is 39.8 Å². The van der Waals surface area contributed by atoms with Gasteiger partial charge in [0.05, 0.1) is 10.5 Å². The van der Waals surface area contributed by atoms with Crippen LogP contribution in [0, 0.1) is 6.92 Å². The highest BCUT2D eigenvalue weighted by Gasteiger charge is 2.47. The quantitative estimate of drug-likeness (QED) is 0.929. The Morgan fingerprint density at radius 3 is 2.30 bits per heavy atom. The van der Waals surface area contributed by atoms with Crippen molar-refractivity contribution >= 4 is 10.0 Å². The van der Waals surface area contributed by atoms with Crippen molar-refractivity contribution in [3.8, 4) is 0 Å². The van der Waals surface area contributed by atoms with Gasteiger partial charge in [-0.3, -0.25) is 0 Å². The lowest BCUT2D eigenvalue weighted by molar-refractivity contribution is 0.0764. The Labute approximate surface area is 121 Å². The molecule has 1 aromatic rings. The van der Waals surface area contributed by atoms with E-state index in [-0.39, 0.29) is 0 Å². The molecule has 1 aromatic carbocycles. The van der Waals surface area contributed by atoms with Gasteiger partial charge in [-0.25, -0.2) is 13.1 Å². The van der Waals surface area contributed by atoms with E-state index in [1.165, 1.54) is 0 Å². The molecule has 0 atom stereocenters. The molecule has 0 radical (unpaired) electrons. The van der Waals surface area contributed by atoms with Crippen LogP contribution in [0.25, 0.3) is 0 Å².